The van der Waals surface area contributed by atoms with Crippen molar-refractivity contribution in [1.82, 2.24) is 5.32 Å². The number of hydrogen-bond donors (Lipinski definition) is 3. The van der Waals surface area contributed by atoms with E-state index in [9.17, 15) is 19.8 Å². The third kappa shape index (κ3) is 49.5. The van der Waals surface area contributed by atoms with Crippen molar-refractivity contribution in [2.75, 3.05) is 13.2 Å². The van der Waals surface area contributed by atoms with E-state index in [4.69, 9.17) is 4.74 Å². The van der Waals surface area contributed by atoms with Crippen LogP contribution in [0.1, 0.15) is 296 Å². The van der Waals surface area contributed by atoms with E-state index in [1.165, 1.54) is 193 Å². The van der Waals surface area contributed by atoms with Crippen LogP contribution in [-0.2, 0) is 14.3 Å². The second-order valence-corrected chi connectivity index (χ2v) is 19.3. The number of carbonyl (C=O) groups is 2. The Labute approximate surface area is 398 Å². The van der Waals surface area contributed by atoms with Crippen molar-refractivity contribution in [3.63, 3.8) is 0 Å². The maximum atomic E-state index is 12.4. The van der Waals surface area contributed by atoms with Crippen molar-refractivity contribution in [3.8, 4) is 0 Å². The van der Waals surface area contributed by atoms with Gasteiger partial charge in [-0.25, -0.2) is 0 Å². The molecule has 0 radical (unpaired) electrons. The average molecular weight is 901 g/mol. The van der Waals surface area contributed by atoms with Gasteiger partial charge >= 0.3 is 5.97 Å². The van der Waals surface area contributed by atoms with Gasteiger partial charge < -0.3 is 20.3 Å². The lowest BCUT2D eigenvalue weighted by Gasteiger charge is -2.22. The highest BCUT2D eigenvalue weighted by Gasteiger charge is 2.20. The maximum Gasteiger partial charge on any atom is 0.305 e. The predicted molar refractivity (Wildman–Crippen MR) is 278 cm³/mol. The van der Waals surface area contributed by atoms with Gasteiger partial charge in [-0.2, -0.15) is 0 Å². The molecule has 0 heterocycles. The first-order chi connectivity index (χ1) is 31.5. The van der Waals surface area contributed by atoms with Crippen LogP contribution in [0.4, 0.5) is 0 Å². The predicted octanol–water partition coefficient (Wildman–Crippen LogP) is 17.2. The summed E-state index contributed by atoms with van der Waals surface area (Å²) in [4.78, 5) is 24.5. The molecular weight excluding hydrogens is 791 g/mol. The van der Waals surface area contributed by atoms with Crippen LogP contribution in [0.25, 0.3) is 0 Å². The number of aliphatic hydroxyl groups is 2. The standard InChI is InChI=1S/C58H109NO5/c1-3-5-7-9-11-13-15-17-18-25-28-32-36-40-44-48-52-58(63)64-53-49-45-41-37-33-29-26-23-21-19-20-22-24-27-31-35-39-43-47-51-57(62)59-55(54-60)56(61)50-46-42-38-34-30-16-14-12-10-8-6-4-2/h18,23,25-26,29,33,55-56,60-61H,3-17,19-22,24,27-28,30-32,34-54H2,1-2H3,(H,59,62)/b25-18-,26-23-,33-29-. The Kier molecular flexibility index (Phi) is 52.1. The lowest BCUT2D eigenvalue weighted by molar-refractivity contribution is -0.143. The molecule has 6 heteroatoms. The first-order valence-electron chi connectivity index (χ1n) is 28.3. The Morgan fingerprint density at radius 3 is 1.20 bits per heavy atom. The number of carbonyl (C=O) groups excluding carboxylic acids is 2. The van der Waals surface area contributed by atoms with Gasteiger partial charge in [0.2, 0.25) is 5.91 Å². The number of nitrogens with one attached hydrogen (secondary N) is 1. The summed E-state index contributed by atoms with van der Waals surface area (Å²) < 4.78 is 5.45. The van der Waals surface area contributed by atoms with Crippen molar-refractivity contribution in [3.05, 3.63) is 36.5 Å². The number of rotatable bonds is 52. The van der Waals surface area contributed by atoms with E-state index in [2.05, 4.69) is 55.6 Å². The molecule has 0 aliphatic rings. The van der Waals surface area contributed by atoms with E-state index in [0.717, 1.165) is 70.6 Å². The molecule has 2 atom stereocenters. The van der Waals surface area contributed by atoms with Crippen molar-refractivity contribution >= 4 is 11.9 Å². The summed E-state index contributed by atoms with van der Waals surface area (Å²) in [6, 6.07) is -0.548. The van der Waals surface area contributed by atoms with Crippen LogP contribution in [0, 0.1) is 0 Å². The van der Waals surface area contributed by atoms with Crippen LogP contribution < -0.4 is 5.32 Å². The van der Waals surface area contributed by atoms with Crippen molar-refractivity contribution in [1.29, 1.82) is 0 Å². The third-order valence-electron chi connectivity index (χ3n) is 12.9. The molecule has 0 aromatic heterocycles. The summed E-state index contributed by atoms with van der Waals surface area (Å²) in [6.07, 6.45) is 65.6. The summed E-state index contributed by atoms with van der Waals surface area (Å²) >= 11 is 0. The number of esters is 1. The molecule has 64 heavy (non-hydrogen) atoms. The average Bonchev–Trinajstić information content (AvgIpc) is 3.29. The highest BCUT2D eigenvalue weighted by Crippen LogP contribution is 2.16. The quantitative estimate of drug-likeness (QED) is 0.0245. The Hall–Kier alpha value is -1.92. The molecule has 376 valence electrons. The Bertz CT molecular complexity index is 1040. The summed E-state index contributed by atoms with van der Waals surface area (Å²) in [7, 11) is 0. The van der Waals surface area contributed by atoms with Crippen LogP contribution in [-0.4, -0.2) is 47.4 Å². The molecule has 0 aromatic rings. The Morgan fingerprint density at radius 1 is 0.438 bits per heavy atom. The number of hydrogen-bond acceptors (Lipinski definition) is 5. The molecule has 0 saturated heterocycles. The molecule has 3 N–H and O–H groups in total. The van der Waals surface area contributed by atoms with Crippen molar-refractivity contribution in [2.45, 2.75) is 309 Å². The minimum absolute atomic E-state index is 0.0210. The van der Waals surface area contributed by atoms with Gasteiger partial charge in [0.15, 0.2) is 0 Å². The van der Waals surface area contributed by atoms with Crippen LogP contribution in [0.15, 0.2) is 36.5 Å². The van der Waals surface area contributed by atoms with Gasteiger partial charge in [0.05, 0.1) is 25.4 Å². The van der Waals surface area contributed by atoms with E-state index < -0.39 is 12.1 Å². The second kappa shape index (κ2) is 53.7. The molecule has 6 nitrogen and oxygen atoms in total. The largest absolute Gasteiger partial charge is 0.466 e. The zero-order chi connectivity index (χ0) is 46.5. The van der Waals surface area contributed by atoms with Crippen molar-refractivity contribution in [2.24, 2.45) is 0 Å². The molecule has 0 aliphatic carbocycles. The highest BCUT2D eigenvalue weighted by molar-refractivity contribution is 5.76. The van der Waals surface area contributed by atoms with Gasteiger partial charge in [0, 0.05) is 12.8 Å². The van der Waals surface area contributed by atoms with Gasteiger partial charge in [-0.3, -0.25) is 9.59 Å². The molecule has 0 aliphatic heterocycles. The Morgan fingerprint density at radius 2 is 0.781 bits per heavy atom. The maximum absolute atomic E-state index is 12.4. The summed E-state index contributed by atoms with van der Waals surface area (Å²) in [5.41, 5.74) is 0. The van der Waals surface area contributed by atoms with Gasteiger partial charge in [-0.05, 0) is 83.5 Å². The molecule has 0 spiro atoms. The lowest BCUT2D eigenvalue weighted by Crippen LogP contribution is -2.45. The van der Waals surface area contributed by atoms with E-state index in [1.54, 1.807) is 0 Å². The highest BCUT2D eigenvalue weighted by atomic mass is 16.5. The summed E-state index contributed by atoms with van der Waals surface area (Å²) in [5, 5.41) is 23.2. The summed E-state index contributed by atoms with van der Waals surface area (Å²) in [5.74, 6) is -0.0668. The monoisotopic (exact) mass is 900 g/mol. The molecule has 2 unspecified atom stereocenters. The molecule has 0 saturated carbocycles. The number of unbranched alkanes of at least 4 members (excludes halogenated alkanes) is 36. The minimum atomic E-state index is -0.670. The molecular formula is C58H109NO5. The smallest absolute Gasteiger partial charge is 0.305 e. The molecule has 0 bridgehead atoms. The molecule has 1 amide bonds. The second-order valence-electron chi connectivity index (χ2n) is 19.3. The fraction of sp³-hybridized carbons (Fsp3) is 0.862. The van der Waals surface area contributed by atoms with E-state index >= 15 is 0 Å². The number of amides is 1. The number of aliphatic hydroxyl groups excluding tert-OH is 2. The Balaban J connectivity index is 3.47. The van der Waals surface area contributed by atoms with Gasteiger partial charge in [-0.1, -0.05) is 237 Å². The number of ether oxygens (including phenoxy) is 1. The summed E-state index contributed by atoms with van der Waals surface area (Å²) in [6.45, 7) is 4.90. The van der Waals surface area contributed by atoms with Crippen LogP contribution in [0.5, 0.6) is 0 Å². The van der Waals surface area contributed by atoms with Gasteiger partial charge in [0.1, 0.15) is 0 Å². The first kappa shape index (κ1) is 62.1. The van der Waals surface area contributed by atoms with Gasteiger partial charge in [0.25, 0.3) is 0 Å². The number of allylic oxidation sites excluding steroid dienone is 6. The SMILES string of the molecule is CCCCCCCCC/C=C\CCCCCCCC(=O)OCCCCC/C=C\C=C/CCCCCCCCCCCCC(=O)NC(CO)C(O)CCCCCCCCCCCCCC. The topological polar surface area (TPSA) is 95.9 Å². The normalized spacial score (nSPS) is 12.9. The third-order valence-corrected chi connectivity index (χ3v) is 12.9. The first-order valence-corrected chi connectivity index (χ1v) is 28.3. The zero-order valence-corrected chi connectivity index (χ0v) is 42.8. The van der Waals surface area contributed by atoms with Crippen LogP contribution >= 0.6 is 0 Å². The van der Waals surface area contributed by atoms with Gasteiger partial charge in [-0.15, -0.1) is 0 Å². The fourth-order valence-electron chi connectivity index (χ4n) is 8.57. The molecule has 0 aromatic carbocycles. The zero-order valence-electron chi connectivity index (χ0n) is 42.8. The van der Waals surface area contributed by atoms with E-state index in [-0.39, 0.29) is 18.5 Å². The van der Waals surface area contributed by atoms with Crippen molar-refractivity contribution < 1.29 is 24.5 Å². The fourth-order valence-corrected chi connectivity index (χ4v) is 8.57. The molecule has 0 rings (SSSR count). The lowest BCUT2D eigenvalue weighted by atomic mass is 10.0. The van der Waals surface area contributed by atoms with E-state index in [0.29, 0.717) is 25.9 Å². The van der Waals surface area contributed by atoms with Crippen LogP contribution in [0.2, 0.25) is 0 Å². The van der Waals surface area contributed by atoms with Crippen LogP contribution in [0.3, 0.4) is 0 Å². The molecule has 0 fully saturated rings. The van der Waals surface area contributed by atoms with E-state index in [1.807, 2.05) is 0 Å². The minimum Gasteiger partial charge on any atom is -0.466 e.